The average Bonchev–Trinajstić information content (AvgIpc) is 3.15. The number of hydrogen-bond acceptors (Lipinski definition) is 5. The summed E-state index contributed by atoms with van der Waals surface area (Å²) in [6, 6.07) is 5.84. The van der Waals surface area contributed by atoms with Crippen molar-refractivity contribution < 1.29 is 20.4 Å². The van der Waals surface area contributed by atoms with Crippen LogP contribution >= 0.6 is 0 Å². The van der Waals surface area contributed by atoms with Gasteiger partial charge in [0.2, 0.25) is 0 Å². The van der Waals surface area contributed by atoms with Crippen LogP contribution in [0.3, 0.4) is 0 Å². The van der Waals surface area contributed by atoms with Gasteiger partial charge >= 0.3 is 0 Å². The van der Waals surface area contributed by atoms with Crippen LogP contribution in [0.4, 0.5) is 0 Å². The van der Waals surface area contributed by atoms with Crippen LogP contribution in [0.1, 0.15) is 69.4 Å². The van der Waals surface area contributed by atoms with Gasteiger partial charge in [-0.05, 0) is 62.8 Å². The van der Waals surface area contributed by atoms with Gasteiger partial charge in [0.1, 0.15) is 5.75 Å². The Bertz CT molecular complexity index is 551. The van der Waals surface area contributed by atoms with E-state index in [4.69, 9.17) is 0 Å². The summed E-state index contributed by atoms with van der Waals surface area (Å²) in [5.74, 6) is 0.129. The predicted octanol–water partition coefficient (Wildman–Crippen LogP) is 2.97. The zero-order valence-electron chi connectivity index (χ0n) is 16.7. The number of rotatable bonds is 12. The lowest BCUT2D eigenvalue weighted by Gasteiger charge is -2.34. The molecule has 0 saturated carbocycles. The number of aromatic hydroxyl groups is 1. The first-order chi connectivity index (χ1) is 13.1. The highest BCUT2D eigenvalue weighted by Gasteiger charge is 2.31. The molecule has 1 fully saturated rings. The van der Waals surface area contributed by atoms with Crippen molar-refractivity contribution in [1.82, 2.24) is 4.90 Å². The third-order valence-electron chi connectivity index (χ3n) is 5.87. The topological polar surface area (TPSA) is 84.2 Å². The summed E-state index contributed by atoms with van der Waals surface area (Å²) >= 11 is 0. The van der Waals surface area contributed by atoms with Crippen molar-refractivity contribution in [2.75, 3.05) is 13.2 Å². The largest absolute Gasteiger partial charge is 0.508 e. The molecule has 154 valence electrons. The molecule has 1 aliphatic heterocycles. The molecule has 3 atom stereocenters. The van der Waals surface area contributed by atoms with Crippen molar-refractivity contribution in [1.29, 1.82) is 0 Å². The van der Waals surface area contributed by atoms with Crippen LogP contribution in [-0.4, -0.2) is 56.7 Å². The highest BCUT2D eigenvalue weighted by Crippen LogP contribution is 2.27. The molecule has 1 saturated heterocycles. The van der Waals surface area contributed by atoms with Gasteiger partial charge in [0.05, 0.1) is 19.3 Å². The van der Waals surface area contributed by atoms with Crippen molar-refractivity contribution in [3.05, 3.63) is 29.3 Å². The molecule has 5 nitrogen and oxygen atoms in total. The Hall–Kier alpha value is -1.14. The molecule has 0 amide bonds. The lowest BCUT2D eigenvalue weighted by molar-refractivity contribution is 0.0649. The zero-order valence-corrected chi connectivity index (χ0v) is 16.7. The molecule has 1 aromatic rings. The minimum Gasteiger partial charge on any atom is -0.508 e. The maximum Gasteiger partial charge on any atom is 0.121 e. The fraction of sp³-hybridized carbons (Fsp3) is 0.727. The molecule has 0 radical (unpaired) electrons. The van der Waals surface area contributed by atoms with Crippen molar-refractivity contribution in [2.45, 2.75) is 89.5 Å². The molecule has 1 aliphatic rings. The van der Waals surface area contributed by atoms with E-state index in [-0.39, 0.29) is 37.2 Å². The van der Waals surface area contributed by atoms with Crippen LogP contribution in [0.25, 0.3) is 0 Å². The summed E-state index contributed by atoms with van der Waals surface area (Å²) in [5.41, 5.74) is 1.64. The molecule has 0 bridgehead atoms. The lowest BCUT2D eigenvalue weighted by Crippen LogP contribution is -2.43. The molecule has 27 heavy (non-hydrogen) atoms. The van der Waals surface area contributed by atoms with E-state index in [1.165, 1.54) is 0 Å². The molecular formula is C22H37NO4. The molecule has 1 heterocycles. The monoisotopic (exact) mass is 379 g/mol. The summed E-state index contributed by atoms with van der Waals surface area (Å²) in [6.45, 7) is 3.16. The Morgan fingerprint density at radius 3 is 2.70 bits per heavy atom. The van der Waals surface area contributed by atoms with Crippen LogP contribution < -0.4 is 0 Å². The SMILES string of the molecule is CCCCCC(O)CC(CCc1ccc(O)c(CO)c1)N1CCCC1CO. The highest BCUT2D eigenvalue weighted by atomic mass is 16.3. The van der Waals surface area contributed by atoms with Gasteiger partial charge < -0.3 is 20.4 Å². The van der Waals surface area contributed by atoms with Gasteiger partial charge in [0, 0.05) is 17.6 Å². The van der Waals surface area contributed by atoms with Gasteiger partial charge in [0.25, 0.3) is 0 Å². The number of phenols is 1. The quantitative estimate of drug-likeness (QED) is 0.420. The molecule has 3 unspecified atom stereocenters. The van der Waals surface area contributed by atoms with E-state index in [1.54, 1.807) is 6.07 Å². The van der Waals surface area contributed by atoms with Crippen LogP contribution in [0.5, 0.6) is 5.75 Å². The Labute approximate surface area is 163 Å². The maximum absolute atomic E-state index is 10.5. The Morgan fingerprint density at radius 1 is 1.19 bits per heavy atom. The van der Waals surface area contributed by atoms with E-state index in [0.717, 1.165) is 69.9 Å². The number of benzene rings is 1. The smallest absolute Gasteiger partial charge is 0.121 e. The molecule has 0 spiro atoms. The van der Waals surface area contributed by atoms with E-state index < -0.39 is 0 Å². The number of nitrogens with zero attached hydrogens (tertiary/aromatic N) is 1. The number of aryl methyl sites for hydroxylation is 1. The van der Waals surface area contributed by atoms with Gasteiger partial charge in [0.15, 0.2) is 0 Å². The standard InChI is InChI=1S/C22H37NO4/c1-2-3-4-7-21(26)14-19(23-12-5-6-20(23)16-25)10-8-17-9-11-22(27)18(13-17)15-24/h9,11,13,19-21,24-27H,2-8,10,12,14-16H2,1H3. The third-order valence-corrected chi connectivity index (χ3v) is 5.87. The molecule has 4 N–H and O–H groups in total. The van der Waals surface area contributed by atoms with Crippen LogP contribution in [0, 0.1) is 0 Å². The van der Waals surface area contributed by atoms with Crippen molar-refractivity contribution >= 4 is 0 Å². The van der Waals surface area contributed by atoms with Gasteiger partial charge in [-0.3, -0.25) is 4.90 Å². The van der Waals surface area contributed by atoms with E-state index in [9.17, 15) is 20.4 Å². The first-order valence-electron chi connectivity index (χ1n) is 10.5. The zero-order chi connectivity index (χ0) is 19.6. The first-order valence-corrected chi connectivity index (χ1v) is 10.5. The highest BCUT2D eigenvalue weighted by molar-refractivity contribution is 5.35. The Morgan fingerprint density at radius 2 is 2.00 bits per heavy atom. The van der Waals surface area contributed by atoms with Crippen LogP contribution in [-0.2, 0) is 13.0 Å². The van der Waals surface area contributed by atoms with Crippen LogP contribution in [0.15, 0.2) is 18.2 Å². The predicted molar refractivity (Wildman–Crippen MR) is 108 cm³/mol. The summed E-state index contributed by atoms with van der Waals surface area (Å²) in [6.07, 6.45) is 8.51. The molecular weight excluding hydrogens is 342 g/mol. The Balaban J connectivity index is 2.00. The summed E-state index contributed by atoms with van der Waals surface area (Å²) in [4.78, 5) is 2.39. The second-order valence-corrected chi connectivity index (χ2v) is 7.92. The number of unbranched alkanes of at least 4 members (excludes halogenated alkanes) is 2. The summed E-state index contributed by atoms with van der Waals surface area (Å²) in [7, 11) is 0. The molecule has 0 aliphatic carbocycles. The lowest BCUT2D eigenvalue weighted by atomic mass is 9.95. The van der Waals surface area contributed by atoms with Crippen molar-refractivity contribution in [2.24, 2.45) is 0 Å². The molecule has 5 heteroatoms. The van der Waals surface area contributed by atoms with E-state index in [0.29, 0.717) is 5.56 Å². The number of aliphatic hydroxyl groups is 3. The van der Waals surface area contributed by atoms with E-state index in [1.807, 2.05) is 12.1 Å². The van der Waals surface area contributed by atoms with Gasteiger partial charge in [-0.25, -0.2) is 0 Å². The molecule has 1 aromatic carbocycles. The normalized spacial score (nSPS) is 20.1. The van der Waals surface area contributed by atoms with Gasteiger partial charge in [-0.2, -0.15) is 0 Å². The minimum absolute atomic E-state index is 0.129. The summed E-state index contributed by atoms with van der Waals surface area (Å²) in [5, 5.41) is 39.3. The van der Waals surface area contributed by atoms with Gasteiger partial charge in [-0.1, -0.05) is 32.3 Å². The fourth-order valence-corrected chi connectivity index (χ4v) is 4.27. The van der Waals surface area contributed by atoms with E-state index in [2.05, 4.69) is 11.8 Å². The third kappa shape index (κ3) is 6.75. The second-order valence-electron chi connectivity index (χ2n) is 7.92. The first kappa shape index (κ1) is 22.2. The van der Waals surface area contributed by atoms with Gasteiger partial charge in [-0.15, -0.1) is 0 Å². The number of likely N-dealkylation sites (tertiary alicyclic amines) is 1. The molecule has 0 aromatic heterocycles. The second kappa shape index (κ2) is 11.6. The van der Waals surface area contributed by atoms with Crippen LogP contribution in [0.2, 0.25) is 0 Å². The van der Waals surface area contributed by atoms with Crippen molar-refractivity contribution in [3.63, 3.8) is 0 Å². The molecule has 2 rings (SSSR count). The maximum atomic E-state index is 10.5. The van der Waals surface area contributed by atoms with Crippen molar-refractivity contribution in [3.8, 4) is 5.75 Å². The number of hydrogen-bond donors (Lipinski definition) is 4. The Kier molecular flexibility index (Phi) is 9.56. The fourth-order valence-electron chi connectivity index (χ4n) is 4.27. The number of aliphatic hydroxyl groups excluding tert-OH is 3. The van der Waals surface area contributed by atoms with E-state index >= 15 is 0 Å². The summed E-state index contributed by atoms with van der Waals surface area (Å²) < 4.78 is 0. The average molecular weight is 380 g/mol. The minimum atomic E-state index is -0.297.